The number of rotatable bonds is 4. The van der Waals surface area contributed by atoms with Gasteiger partial charge in [0.2, 0.25) is 0 Å². The van der Waals surface area contributed by atoms with Crippen molar-refractivity contribution in [3.05, 3.63) is 94.2 Å². The Hall–Kier alpha value is -2.69. The molecule has 0 radical (unpaired) electrons. The predicted octanol–water partition coefficient (Wildman–Crippen LogP) is 6.84. The summed E-state index contributed by atoms with van der Waals surface area (Å²) < 4.78 is 2.39. The summed E-state index contributed by atoms with van der Waals surface area (Å²) >= 11 is 3.58. The second kappa shape index (κ2) is 7.38. The van der Waals surface area contributed by atoms with Gasteiger partial charge in [0.1, 0.15) is 0 Å². The Morgan fingerprint density at radius 3 is 2.57 bits per heavy atom. The van der Waals surface area contributed by atoms with Gasteiger partial charge in [-0.1, -0.05) is 54.6 Å². The van der Waals surface area contributed by atoms with Crippen LogP contribution >= 0.6 is 23.3 Å². The number of aromatic nitrogens is 1. The fourth-order valence-electron chi connectivity index (χ4n) is 3.69. The van der Waals surface area contributed by atoms with E-state index >= 15 is 0 Å². The van der Waals surface area contributed by atoms with Gasteiger partial charge in [-0.2, -0.15) is 0 Å². The molecule has 28 heavy (non-hydrogen) atoms. The van der Waals surface area contributed by atoms with Crippen LogP contribution in [0.4, 0.5) is 0 Å². The zero-order chi connectivity index (χ0) is 18.9. The molecule has 3 heterocycles. The maximum atomic E-state index is 3.32. The van der Waals surface area contributed by atoms with Crippen LogP contribution in [0.25, 0.3) is 33.3 Å². The zero-order valence-electron chi connectivity index (χ0n) is 15.6. The van der Waals surface area contributed by atoms with Crippen molar-refractivity contribution < 1.29 is 0 Å². The smallest absolute Gasteiger partial charge is 0.0686 e. The van der Waals surface area contributed by atoms with Gasteiger partial charge in [-0.25, -0.2) is 0 Å². The van der Waals surface area contributed by atoms with E-state index in [-0.39, 0.29) is 0 Å². The summed E-state index contributed by atoms with van der Waals surface area (Å²) in [5.41, 5.74) is 6.38. The van der Waals surface area contributed by atoms with Crippen molar-refractivity contribution in [1.29, 1.82) is 0 Å². The monoisotopic (exact) mass is 400 g/mol. The molecular weight excluding hydrogens is 380 g/mol. The van der Waals surface area contributed by atoms with Crippen LogP contribution in [0.1, 0.15) is 4.88 Å². The van der Waals surface area contributed by atoms with E-state index in [1.54, 1.807) is 11.9 Å². The summed E-state index contributed by atoms with van der Waals surface area (Å²) in [5.74, 6) is 0. The molecule has 5 rings (SSSR count). The Morgan fingerprint density at radius 2 is 1.82 bits per heavy atom. The van der Waals surface area contributed by atoms with Crippen molar-refractivity contribution in [1.82, 2.24) is 9.29 Å². The van der Waals surface area contributed by atoms with Gasteiger partial charge in [-0.15, -0.1) is 11.3 Å². The minimum Gasteiger partial charge on any atom is -0.386 e. The van der Waals surface area contributed by atoms with E-state index in [0.29, 0.717) is 0 Å². The Balaban J connectivity index is 1.84. The number of nitrogens with zero attached hydrogens (tertiary/aromatic N) is 1. The molecule has 0 unspecified atom stereocenters. The molecule has 0 fully saturated rings. The number of para-hydroxylation sites is 1. The predicted molar refractivity (Wildman–Crippen MR) is 124 cm³/mol. The Bertz CT molecular complexity index is 1200. The quantitative estimate of drug-likeness (QED) is 0.404. The number of fused-ring (bicyclic) bond motifs is 1. The highest BCUT2D eigenvalue weighted by Crippen LogP contribution is 2.46. The number of benzene rings is 2. The molecule has 4 aromatic rings. The van der Waals surface area contributed by atoms with Crippen LogP contribution in [0.2, 0.25) is 0 Å². The van der Waals surface area contributed by atoms with Crippen molar-refractivity contribution >= 4 is 34.2 Å². The first kappa shape index (κ1) is 17.4. The maximum Gasteiger partial charge on any atom is 0.0686 e. The van der Waals surface area contributed by atoms with Gasteiger partial charge in [0, 0.05) is 33.5 Å². The number of thiophene rings is 1. The first-order valence-electron chi connectivity index (χ1n) is 9.34. The maximum absolute atomic E-state index is 3.32. The molecule has 2 aromatic heterocycles. The lowest BCUT2D eigenvalue weighted by Gasteiger charge is -2.14. The Morgan fingerprint density at radius 1 is 1.00 bits per heavy atom. The molecule has 1 N–H and O–H groups in total. The third-order valence-corrected chi connectivity index (χ3v) is 6.84. The van der Waals surface area contributed by atoms with Crippen LogP contribution < -0.4 is 5.32 Å². The number of dihydropyridines is 1. The molecule has 0 saturated carbocycles. The molecule has 138 valence electrons. The summed E-state index contributed by atoms with van der Waals surface area (Å²) in [6.45, 7) is 3.10. The van der Waals surface area contributed by atoms with Crippen molar-refractivity contribution in [2.24, 2.45) is 0 Å². The molecule has 0 saturated heterocycles. The molecule has 2 nitrogen and oxygen atoms in total. The number of hydrogen-bond acceptors (Lipinski definition) is 3. The molecule has 0 atom stereocenters. The minimum atomic E-state index is 0.890. The lowest BCUT2D eigenvalue weighted by Crippen LogP contribution is -2.08. The minimum absolute atomic E-state index is 0.890. The molecule has 0 amide bonds. The largest absolute Gasteiger partial charge is 0.386 e. The van der Waals surface area contributed by atoms with Crippen LogP contribution in [0.15, 0.2) is 89.3 Å². The normalized spacial score (nSPS) is 13.5. The van der Waals surface area contributed by atoms with Crippen molar-refractivity contribution in [2.75, 3.05) is 6.54 Å². The van der Waals surface area contributed by atoms with E-state index in [0.717, 1.165) is 6.54 Å². The van der Waals surface area contributed by atoms with Crippen LogP contribution in [0.3, 0.4) is 0 Å². The van der Waals surface area contributed by atoms with Crippen molar-refractivity contribution in [3.8, 4) is 22.4 Å². The van der Waals surface area contributed by atoms with Crippen LogP contribution in [-0.4, -0.2) is 10.5 Å². The molecule has 0 spiro atoms. The number of nitrogens with one attached hydrogen (secondary N) is 1. The second-order valence-electron chi connectivity index (χ2n) is 6.74. The van der Waals surface area contributed by atoms with Crippen molar-refractivity contribution in [2.45, 2.75) is 6.92 Å². The summed E-state index contributed by atoms with van der Waals surface area (Å²) in [6.07, 6.45) is 6.46. The van der Waals surface area contributed by atoms with Gasteiger partial charge in [0.05, 0.1) is 11.2 Å². The Kier molecular flexibility index (Phi) is 4.59. The lowest BCUT2D eigenvalue weighted by atomic mass is 9.99. The van der Waals surface area contributed by atoms with Crippen LogP contribution in [0, 0.1) is 6.92 Å². The van der Waals surface area contributed by atoms with Gasteiger partial charge in [-0.05, 0) is 53.6 Å². The van der Waals surface area contributed by atoms with Gasteiger partial charge in [0.15, 0.2) is 0 Å². The van der Waals surface area contributed by atoms with Gasteiger partial charge < -0.3 is 5.32 Å². The van der Waals surface area contributed by atoms with E-state index < -0.39 is 0 Å². The summed E-state index contributed by atoms with van der Waals surface area (Å²) in [6, 6.07) is 21.7. The van der Waals surface area contributed by atoms with Gasteiger partial charge >= 0.3 is 0 Å². The SMILES string of the molecule is Cc1sccc1-c1c(-c2ccccc2)n(SC2=CNCC=C2)c2ccccc12. The van der Waals surface area contributed by atoms with Gasteiger partial charge in [-0.3, -0.25) is 3.97 Å². The fraction of sp³-hybridized carbons (Fsp3) is 0.0833. The topological polar surface area (TPSA) is 17.0 Å². The van der Waals surface area contributed by atoms with E-state index in [1.807, 2.05) is 11.3 Å². The highest BCUT2D eigenvalue weighted by Gasteiger charge is 2.22. The van der Waals surface area contributed by atoms with Crippen molar-refractivity contribution in [3.63, 3.8) is 0 Å². The van der Waals surface area contributed by atoms with E-state index in [9.17, 15) is 0 Å². The lowest BCUT2D eigenvalue weighted by molar-refractivity contribution is 0.968. The van der Waals surface area contributed by atoms with Crippen LogP contribution in [-0.2, 0) is 0 Å². The Labute approximate surface area is 173 Å². The third-order valence-electron chi connectivity index (χ3n) is 4.97. The van der Waals surface area contributed by atoms with E-state index in [2.05, 4.69) is 101 Å². The number of aryl methyl sites for hydroxylation is 1. The molecule has 0 bridgehead atoms. The average molecular weight is 401 g/mol. The molecule has 4 heteroatoms. The first-order valence-corrected chi connectivity index (χ1v) is 11.0. The molecule has 0 aliphatic carbocycles. The third kappa shape index (κ3) is 2.99. The summed E-state index contributed by atoms with van der Waals surface area (Å²) in [7, 11) is 0. The number of allylic oxidation sites excluding steroid dienone is 1. The molecular formula is C24H20N2S2. The molecule has 1 aliphatic rings. The summed E-state index contributed by atoms with van der Waals surface area (Å²) in [4.78, 5) is 2.56. The van der Waals surface area contributed by atoms with E-state index in [1.165, 1.54) is 43.1 Å². The average Bonchev–Trinajstić information content (AvgIpc) is 3.30. The highest BCUT2D eigenvalue weighted by atomic mass is 32.2. The zero-order valence-corrected chi connectivity index (χ0v) is 17.2. The fourth-order valence-corrected chi connectivity index (χ4v) is 5.45. The number of hydrogen-bond donors (Lipinski definition) is 1. The van der Waals surface area contributed by atoms with Gasteiger partial charge in [0.25, 0.3) is 0 Å². The molecule has 1 aliphatic heterocycles. The highest BCUT2D eigenvalue weighted by molar-refractivity contribution is 8.02. The second-order valence-corrected chi connectivity index (χ2v) is 8.88. The standard InChI is InChI=1S/C24H20N2S2/c1-17-20(13-15-27-17)23-21-11-5-6-12-22(21)26(28-19-10-7-14-25-16-19)24(23)18-8-3-2-4-9-18/h2-13,15-16,25H,14H2,1H3. The van der Waals surface area contributed by atoms with E-state index in [4.69, 9.17) is 0 Å². The van der Waals surface area contributed by atoms with Crippen LogP contribution in [0.5, 0.6) is 0 Å². The molecule has 2 aromatic carbocycles. The first-order chi connectivity index (χ1) is 13.8. The summed E-state index contributed by atoms with van der Waals surface area (Å²) in [5, 5.41) is 6.81.